The van der Waals surface area contributed by atoms with Crippen LogP contribution in [0.4, 0.5) is 17.1 Å². The van der Waals surface area contributed by atoms with E-state index < -0.39 is 0 Å². The Morgan fingerprint density at radius 2 is 0.667 bits per heavy atom. The van der Waals surface area contributed by atoms with Crippen molar-refractivity contribution in [3.05, 3.63) is 249 Å². The summed E-state index contributed by atoms with van der Waals surface area (Å²) in [6.45, 7) is 0. The monoisotopic (exact) mass is 879 g/mol. The second-order valence-corrected chi connectivity index (χ2v) is 17.9. The molecule has 0 saturated carbocycles. The van der Waals surface area contributed by atoms with E-state index in [1.165, 1.54) is 21.5 Å². The van der Waals surface area contributed by atoms with Crippen molar-refractivity contribution in [2.75, 3.05) is 4.90 Å². The first-order valence-electron chi connectivity index (χ1n) is 23.6. The number of hydrogen-bond acceptors (Lipinski definition) is 3. The average Bonchev–Trinajstić information content (AvgIpc) is 4.00. The van der Waals surface area contributed by atoms with Gasteiger partial charge in [-0.1, -0.05) is 200 Å². The van der Waals surface area contributed by atoms with Gasteiger partial charge in [-0.05, 0) is 108 Å². The molecular weight excluding hydrogens is 839 g/mol. The summed E-state index contributed by atoms with van der Waals surface area (Å²) in [4.78, 5) is 2.42. The fourth-order valence-electron chi connectivity index (χ4n) is 11.0. The molecule has 12 aromatic carbocycles. The number of benzene rings is 11. The van der Waals surface area contributed by atoms with Crippen LogP contribution in [-0.2, 0) is 0 Å². The van der Waals surface area contributed by atoms with E-state index in [-0.39, 0.29) is 0 Å². The van der Waals surface area contributed by atoms with E-state index in [2.05, 4.69) is 241 Å². The van der Waals surface area contributed by atoms with E-state index in [9.17, 15) is 0 Å². The van der Waals surface area contributed by atoms with Gasteiger partial charge in [-0.2, -0.15) is 0 Å². The molecule has 14 aromatic rings. The van der Waals surface area contributed by atoms with Crippen LogP contribution < -0.4 is 4.90 Å². The van der Waals surface area contributed by atoms with Crippen molar-refractivity contribution >= 4 is 115 Å². The SMILES string of the molecule is c1ccc(-c2ccccc2N(c2ccc(-c3cccc4c3oc3ccccc34)cc2)c2ccc3c4ccccc4c4ccccc4c4ccccc4c4c(ccc5c6ccccc6oc54)c3c2)cc1. The van der Waals surface area contributed by atoms with Crippen LogP contribution >= 0.6 is 0 Å². The van der Waals surface area contributed by atoms with Gasteiger partial charge in [0.15, 0.2) is 0 Å². The van der Waals surface area contributed by atoms with E-state index in [0.717, 1.165) is 116 Å². The number of rotatable bonds is 5. The molecule has 0 aliphatic carbocycles. The summed E-state index contributed by atoms with van der Waals surface area (Å²) >= 11 is 0. The second-order valence-electron chi connectivity index (χ2n) is 17.9. The van der Waals surface area contributed by atoms with Crippen molar-refractivity contribution in [3.8, 4) is 22.3 Å². The zero-order chi connectivity index (χ0) is 45.4. The smallest absolute Gasteiger partial charge is 0.143 e. The third kappa shape index (κ3) is 6.21. The highest BCUT2D eigenvalue weighted by Gasteiger charge is 2.21. The lowest BCUT2D eigenvalue weighted by atomic mass is 9.93. The van der Waals surface area contributed by atoms with Crippen molar-refractivity contribution < 1.29 is 8.83 Å². The molecule has 0 radical (unpaired) electrons. The van der Waals surface area contributed by atoms with E-state index in [4.69, 9.17) is 8.83 Å². The van der Waals surface area contributed by atoms with Crippen LogP contribution in [-0.4, -0.2) is 0 Å². The summed E-state index contributed by atoms with van der Waals surface area (Å²) < 4.78 is 13.5. The van der Waals surface area contributed by atoms with Gasteiger partial charge in [-0.25, -0.2) is 0 Å². The van der Waals surface area contributed by atoms with E-state index in [0.29, 0.717) is 0 Å². The van der Waals surface area contributed by atoms with Crippen molar-refractivity contribution in [1.82, 2.24) is 0 Å². The van der Waals surface area contributed by atoms with Gasteiger partial charge in [0.25, 0.3) is 0 Å². The first-order valence-corrected chi connectivity index (χ1v) is 23.6. The van der Waals surface area contributed by atoms with Gasteiger partial charge >= 0.3 is 0 Å². The second kappa shape index (κ2) is 15.7. The molecule has 2 aromatic heterocycles. The quantitative estimate of drug-likeness (QED) is 0.172. The Morgan fingerprint density at radius 3 is 1.33 bits per heavy atom. The van der Waals surface area contributed by atoms with Crippen LogP contribution in [0.1, 0.15) is 0 Å². The largest absolute Gasteiger partial charge is 0.455 e. The summed E-state index contributed by atoms with van der Waals surface area (Å²) in [7, 11) is 0. The number of fused-ring (bicyclic) bond motifs is 17. The predicted molar refractivity (Wildman–Crippen MR) is 292 cm³/mol. The van der Waals surface area contributed by atoms with Gasteiger partial charge in [0, 0.05) is 49.4 Å². The van der Waals surface area contributed by atoms with Crippen LogP contribution in [0.25, 0.3) is 120 Å². The summed E-state index contributed by atoms with van der Waals surface area (Å²) in [5, 5.41) is 15.9. The Balaban J connectivity index is 1.10. The van der Waals surface area contributed by atoms with E-state index in [1.54, 1.807) is 0 Å². The number of nitrogens with zero attached hydrogens (tertiary/aromatic N) is 1. The number of para-hydroxylation sites is 4. The van der Waals surface area contributed by atoms with Gasteiger partial charge in [0.05, 0.1) is 5.69 Å². The van der Waals surface area contributed by atoms with Gasteiger partial charge in [0.2, 0.25) is 0 Å². The normalized spacial score (nSPS) is 11.8. The molecule has 0 fully saturated rings. The molecule has 0 amide bonds. The van der Waals surface area contributed by atoms with E-state index >= 15 is 0 Å². The fraction of sp³-hybridized carbons (Fsp3) is 0. The predicted octanol–water partition coefficient (Wildman–Crippen LogP) is 19.2. The highest BCUT2D eigenvalue weighted by molar-refractivity contribution is 6.31. The molecule has 3 nitrogen and oxygen atoms in total. The minimum Gasteiger partial charge on any atom is -0.455 e. The molecular formula is C66H41NO2. The number of anilines is 3. The minimum absolute atomic E-state index is 0.874. The van der Waals surface area contributed by atoms with Gasteiger partial charge in [-0.15, -0.1) is 0 Å². The molecule has 322 valence electrons. The third-order valence-electron chi connectivity index (χ3n) is 14.1. The summed E-state index contributed by atoms with van der Waals surface area (Å²) in [5.41, 5.74) is 11.1. The Morgan fingerprint density at radius 1 is 0.246 bits per heavy atom. The maximum absolute atomic E-state index is 7.00. The summed E-state index contributed by atoms with van der Waals surface area (Å²) in [6, 6.07) is 89.7. The minimum atomic E-state index is 0.874. The standard InChI is InChI=1S/C66H41NO2/c1-2-17-42(18-3-1)46-19-10-13-30-61(46)67(44-35-33-43(34-36-44)47-28-16-29-58-54-25-11-14-31-62(54)68-65(47)58)45-37-38-53-51-23-7-5-21-49(51)48-20-4-6-22-50(48)52-24-8-9-27-56(52)64-57(60(53)41-45)39-40-59-55-26-12-15-32-63(55)69-66(59)64/h1-41H. The first kappa shape index (κ1) is 39.0. The molecule has 69 heavy (non-hydrogen) atoms. The van der Waals surface area contributed by atoms with E-state index in [1.807, 2.05) is 12.1 Å². The van der Waals surface area contributed by atoms with Crippen LogP contribution in [0.5, 0.6) is 0 Å². The number of hydrogen-bond donors (Lipinski definition) is 0. The lowest BCUT2D eigenvalue weighted by molar-refractivity contribution is 0.670. The van der Waals surface area contributed by atoms with Gasteiger partial charge in [0.1, 0.15) is 22.3 Å². The topological polar surface area (TPSA) is 29.5 Å². The molecule has 14 rings (SSSR count). The lowest BCUT2D eigenvalue weighted by Gasteiger charge is -2.28. The molecule has 0 unspecified atom stereocenters. The molecule has 0 N–H and O–H groups in total. The number of furan rings is 2. The summed E-state index contributed by atoms with van der Waals surface area (Å²) in [5.74, 6) is 0. The van der Waals surface area contributed by atoms with Gasteiger partial charge < -0.3 is 13.7 Å². The Labute approximate surface area is 397 Å². The van der Waals surface area contributed by atoms with Crippen LogP contribution in [0.3, 0.4) is 0 Å². The third-order valence-corrected chi connectivity index (χ3v) is 14.1. The zero-order valence-corrected chi connectivity index (χ0v) is 37.4. The molecule has 0 spiro atoms. The Hall–Kier alpha value is -9.18. The highest BCUT2D eigenvalue weighted by atomic mass is 16.3. The molecule has 0 atom stereocenters. The maximum atomic E-state index is 7.00. The zero-order valence-electron chi connectivity index (χ0n) is 37.4. The van der Waals surface area contributed by atoms with Crippen molar-refractivity contribution in [2.45, 2.75) is 0 Å². The van der Waals surface area contributed by atoms with Gasteiger partial charge in [-0.3, -0.25) is 0 Å². The Kier molecular flexibility index (Phi) is 8.90. The van der Waals surface area contributed by atoms with Crippen LogP contribution in [0.2, 0.25) is 0 Å². The lowest BCUT2D eigenvalue weighted by Crippen LogP contribution is -2.11. The van der Waals surface area contributed by atoms with Crippen molar-refractivity contribution in [3.63, 3.8) is 0 Å². The average molecular weight is 880 g/mol. The maximum Gasteiger partial charge on any atom is 0.143 e. The fourth-order valence-corrected chi connectivity index (χ4v) is 11.0. The van der Waals surface area contributed by atoms with Crippen molar-refractivity contribution in [1.29, 1.82) is 0 Å². The summed E-state index contributed by atoms with van der Waals surface area (Å²) in [6.07, 6.45) is 0. The molecule has 0 aliphatic rings. The molecule has 0 bridgehead atoms. The van der Waals surface area contributed by atoms with Crippen LogP contribution in [0.15, 0.2) is 258 Å². The Bertz CT molecular complexity index is 4430. The molecule has 0 saturated heterocycles. The molecule has 2 heterocycles. The molecule has 3 heteroatoms. The van der Waals surface area contributed by atoms with Crippen LogP contribution in [0, 0.1) is 0 Å². The highest BCUT2D eigenvalue weighted by Crippen LogP contribution is 2.46. The first-order chi connectivity index (χ1) is 34.2. The van der Waals surface area contributed by atoms with Crippen molar-refractivity contribution in [2.24, 2.45) is 0 Å². The molecule has 0 aliphatic heterocycles.